The molecule has 1 aromatic carbocycles. The molecule has 1 aromatic rings. The summed E-state index contributed by atoms with van der Waals surface area (Å²) < 4.78 is 0. The first-order valence-corrected chi connectivity index (χ1v) is 5.32. The second-order valence-electron chi connectivity index (χ2n) is 4.26. The van der Waals surface area contributed by atoms with Crippen molar-refractivity contribution >= 4 is 5.78 Å². The summed E-state index contributed by atoms with van der Waals surface area (Å²) in [5.41, 5.74) is 3.69. The predicted molar refractivity (Wildman–Crippen MR) is 57.8 cm³/mol. The molecule has 0 spiro atoms. The lowest BCUT2D eigenvalue weighted by atomic mass is 9.83. The van der Waals surface area contributed by atoms with Crippen molar-refractivity contribution in [2.75, 3.05) is 0 Å². The Labute approximate surface area is 85.1 Å². The standard InChI is InChI=1S/C13H16O/c1-9-4-3-5-11-6-7-12(10(2)14)8-13(9)11/h6-9H,3-5H2,1-2H3/t9-/m1/s1. The molecule has 0 aliphatic heterocycles. The maximum atomic E-state index is 11.2. The second-order valence-corrected chi connectivity index (χ2v) is 4.26. The molecule has 1 heteroatoms. The van der Waals surface area contributed by atoms with Gasteiger partial charge in [0.2, 0.25) is 0 Å². The first-order valence-electron chi connectivity index (χ1n) is 5.32. The Morgan fingerprint density at radius 1 is 1.43 bits per heavy atom. The highest BCUT2D eigenvalue weighted by molar-refractivity contribution is 5.94. The van der Waals surface area contributed by atoms with Gasteiger partial charge in [0.25, 0.3) is 0 Å². The van der Waals surface area contributed by atoms with Gasteiger partial charge in [0.1, 0.15) is 0 Å². The van der Waals surface area contributed by atoms with Crippen molar-refractivity contribution in [3.8, 4) is 0 Å². The number of Topliss-reactive ketones (excluding diaryl/α,β-unsaturated/α-hetero) is 1. The summed E-state index contributed by atoms with van der Waals surface area (Å²) in [5.74, 6) is 0.795. The van der Waals surface area contributed by atoms with Crippen molar-refractivity contribution in [3.05, 3.63) is 34.9 Å². The number of hydrogen-bond donors (Lipinski definition) is 0. The van der Waals surface area contributed by atoms with Crippen LogP contribution in [0.4, 0.5) is 0 Å². The molecule has 74 valence electrons. The summed E-state index contributed by atoms with van der Waals surface area (Å²) >= 11 is 0. The minimum absolute atomic E-state index is 0.172. The summed E-state index contributed by atoms with van der Waals surface area (Å²) in [7, 11) is 0. The number of fused-ring (bicyclic) bond motifs is 1. The fourth-order valence-corrected chi connectivity index (χ4v) is 2.25. The van der Waals surface area contributed by atoms with E-state index in [9.17, 15) is 4.79 Å². The maximum Gasteiger partial charge on any atom is 0.159 e. The number of aryl methyl sites for hydroxylation is 1. The van der Waals surface area contributed by atoms with E-state index in [4.69, 9.17) is 0 Å². The van der Waals surface area contributed by atoms with E-state index < -0.39 is 0 Å². The van der Waals surface area contributed by atoms with Gasteiger partial charge in [-0.25, -0.2) is 0 Å². The van der Waals surface area contributed by atoms with Gasteiger partial charge in [-0.05, 0) is 49.3 Å². The smallest absolute Gasteiger partial charge is 0.159 e. The third-order valence-electron chi connectivity index (χ3n) is 3.17. The van der Waals surface area contributed by atoms with Crippen LogP contribution in [0, 0.1) is 0 Å². The van der Waals surface area contributed by atoms with Crippen molar-refractivity contribution < 1.29 is 4.79 Å². The van der Waals surface area contributed by atoms with E-state index in [1.165, 1.54) is 30.4 Å². The monoisotopic (exact) mass is 188 g/mol. The molecule has 0 heterocycles. The summed E-state index contributed by atoms with van der Waals surface area (Å²) in [6, 6.07) is 6.17. The third-order valence-corrected chi connectivity index (χ3v) is 3.17. The molecule has 0 N–H and O–H groups in total. The number of benzene rings is 1. The molecule has 1 aliphatic rings. The van der Waals surface area contributed by atoms with Crippen molar-refractivity contribution in [1.82, 2.24) is 0 Å². The fourth-order valence-electron chi connectivity index (χ4n) is 2.25. The minimum Gasteiger partial charge on any atom is -0.295 e. The summed E-state index contributed by atoms with van der Waals surface area (Å²) in [6.45, 7) is 3.89. The van der Waals surface area contributed by atoms with Gasteiger partial charge >= 0.3 is 0 Å². The molecule has 0 aromatic heterocycles. The lowest BCUT2D eigenvalue weighted by molar-refractivity contribution is 0.101. The molecule has 0 fully saturated rings. The van der Waals surface area contributed by atoms with Gasteiger partial charge in [0.05, 0.1) is 0 Å². The molecule has 0 bridgehead atoms. The number of hydrogen-bond acceptors (Lipinski definition) is 1. The zero-order chi connectivity index (χ0) is 10.1. The lowest BCUT2D eigenvalue weighted by Crippen LogP contribution is -2.08. The predicted octanol–water partition coefficient (Wildman–Crippen LogP) is 3.33. The van der Waals surface area contributed by atoms with Crippen molar-refractivity contribution in [1.29, 1.82) is 0 Å². The van der Waals surface area contributed by atoms with E-state index in [-0.39, 0.29) is 5.78 Å². The Hall–Kier alpha value is -1.11. The quantitative estimate of drug-likeness (QED) is 0.618. The Kier molecular flexibility index (Phi) is 2.40. The van der Waals surface area contributed by atoms with Crippen LogP contribution in [0.25, 0.3) is 0 Å². The molecule has 0 saturated heterocycles. The van der Waals surface area contributed by atoms with Crippen molar-refractivity contribution in [2.45, 2.75) is 39.0 Å². The van der Waals surface area contributed by atoms with Crippen molar-refractivity contribution in [2.24, 2.45) is 0 Å². The Balaban J connectivity index is 2.45. The van der Waals surface area contributed by atoms with E-state index in [0.717, 1.165) is 5.56 Å². The highest BCUT2D eigenvalue weighted by Gasteiger charge is 2.16. The maximum absolute atomic E-state index is 11.2. The van der Waals surface area contributed by atoms with Crippen LogP contribution in [0.15, 0.2) is 18.2 Å². The third kappa shape index (κ3) is 1.59. The number of carbonyl (C=O) groups is 1. The highest BCUT2D eigenvalue weighted by Crippen LogP contribution is 2.31. The summed E-state index contributed by atoms with van der Waals surface area (Å²) in [5, 5.41) is 0. The molecule has 1 nitrogen and oxygen atoms in total. The van der Waals surface area contributed by atoms with Crippen LogP contribution in [-0.4, -0.2) is 5.78 Å². The van der Waals surface area contributed by atoms with Crippen LogP contribution in [0.2, 0.25) is 0 Å². The van der Waals surface area contributed by atoms with Gasteiger partial charge in [0.15, 0.2) is 5.78 Å². The van der Waals surface area contributed by atoms with Gasteiger partial charge < -0.3 is 0 Å². The molecule has 0 amide bonds. The molecule has 0 unspecified atom stereocenters. The molecule has 14 heavy (non-hydrogen) atoms. The van der Waals surface area contributed by atoms with Crippen LogP contribution < -0.4 is 0 Å². The zero-order valence-electron chi connectivity index (χ0n) is 8.84. The van der Waals surface area contributed by atoms with Gasteiger partial charge in [-0.1, -0.05) is 19.1 Å². The average molecular weight is 188 g/mol. The van der Waals surface area contributed by atoms with Gasteiger partial charge in [-0.15, -0.1) is 0 Å². The molecule has 2 rings (SSSR count). The van der Waals surface area contributed by atoms with E-state index >= 15 is 0 Å². The Bertz CT molecular complexity index is 365. The Morgan fingerprint density at radius 3 is 2.93 bits per heavy atom. The molecule has 1 atom stereocenters. The van der Waals surface area contributed by atoms with Gasteiger partial charge in [0, 0.05) is 5.56 Å². The van der Waals surface area contributed by atoms with E-state index in [1.807, 2.05) is 6.07 Å². The molecule has 1 aliphatic carbocycles. The molecular formula is C13H16O. The van der Waals surface area contributed by atoms with Crippen LogP contribution in [-0.2, 0) is 6.42 Å². The summed E-state index contributed by atoms with van der Waals surface area (Å²) in [4.78, 5) is 11.2. The van der Waals surface area contributed by atoms with E-state index in [0.29, 0.717) is 5.92 Å². The van der Waals surface area contributed by atoms with Crippen LogP contribution >= 0.6 is 0 Å². The highest BCUT2D eigenvalue weighted by atomic mass is 16.1. The normalized spacial score (nSPS) is 20.3. The average Bonchev–Trinajstić information content (AvgIpc) is 2.18. The van der Waals surface area contributed by atoms with E-state index in [2.05, 4.69) is 19.1 Å². The van der Waals surface area contributed by atoms with Crippen LogP contribution in [0.5, 0.6) is 0 Å². The SMILES string of the molecule is CC(=O)c1ccc2c(c1)[C@H](C)CCC2. The number of ketones is 1. The molecular weight excluding hydrogens is 172 g/mol. The second kappa shape index (κ2) is 3.56. The first-order chi connectivity index (χ1) is 6.68. The van der Waals surface area contributed by atoms with Crippen molar-refractivity contribution in [3.63, 3.8) is 0 Å². The van der Waals surface area contributed by atoms with E-state index in [1.54, 1.807) is 6.92 Å². The topological polar surface area (TPSA) is 17.1 Å². The fraction of sp³-hybridized carbons (Fsp3) is 0.462. The molecule has 0 saturated carbocycles. The lowest BCUT2D eigenvalue weighted by Gasteiger charge is -2.22. The number of carbonyl (C=O) groups excluding carboxylic acids is 1. The largest absolute Gasteiger partial charge is 0.295 e. The minimum atomic E-state index is 0.172. The Morgan fingerprint density at radius 2 is 2.21 bits per heavy atom. The molecule has 0 radical (unpaired) electrons. The number of rotatable bonds is 1. The zero-order valence-corrected chi connectivity index (χ0v) is 8.84. The first kappa shape index (κ1) is 9.45. The van der Waals surface area contributed by atoms with Crippen LogP contribution in [0.3, 0.4) is 0 Å². The van der Waals surface area contributed by atoms with Gasteiger partial charge in [-0.2, -0.15) is 0 Å². The van der Waals surface area contributed by atoms with Crippen LogP contribution in [0.1, 0.15) is 54.1 Å². The summed E-state index contributed by atoms with van der Waals surface area (Å²) in [6.07, 6.45) is 3.72. The van der Waals surface area contributed by atoms with Gasteiger partial charge in [-0.3, -0.25) is 4.79 Å².